The van der Waals surface area contributed by atoms with Crippen molar-refractivity contribution in [1.82, 2.24) is 0 Å². The van der Waals surface area contributed by atoms with Gasteiger partial charge in [0, 0.05) is 0 Å². The molecule has 0 bridgehead atoms. The van der Waals surface area contributed by atoms with Crippen LogP contribution in [0.15, 0.2) is 0 Å². The highest BCUT2D eigenvalue weighted by molar-refractivity contribution is 7.81. The lowest BCUT2D eigenvalue weighted by molar-refractivity contribution is -0.286. The molecule has 2 saturated heterocycles. The van der Waals surface area contributed by atoms with E-state index in [1.54, 1.807) is 0 Å². The van der Waals surface area contributed by atoms with Crippen LogP contribution in [0.1, 0.15) is 0 Å². The third-order valence-corrected chi connectivity index (χ3v) is 5.71. The lowest BCUT2D eigenvalue weighted by Gasteiger charge is -2.40. The third kappa shape index (κ3) is 10.6. The van der Waals surface area contributed by atoms with E-state index in [0.717, 1.165) is 0 Å². The van der Waals surface area contributed by atoms with Crippen LogP contribution < -0.4 is 0 Å². The van der Waals surface area contributed by atoms with Crippen LogP contribution in [0.4, 0.5) is 0 Å². The third-order valence-electron chi connectivity index (χ3n) is 4.35. The number of rotatable bonds is 8. The molecule has 10 atom stereocenters. The van der Waals surface area contributed by atoms with E-state index < -0.39 is 106 Å². The number of ether oxygens (including phenoxy) is 2. The second-order valence-electron chi connectivity index (χ2n) is 6.96. The van der Waals surface area contributed by atoms with Gasteiger partial charge >= 0.3 is 31.2 Å². The summed E-state index contributed by atoms with van der Waals surface area (Å²) in [5.74, 6) is 0. The molecule has 2 aliphatic heterocycles. The first-order valence-corrected chi connectivity index (χ1v) is 13.2. The molecule has 21 nitrogen and oxygen atoms in total. The van der Waals surface area contributed by atoms with Gasteiger partial charge in [-0.3, -0.25) is 13.7 Å². The SMILES string of the molecule is O=S(=O)(O)OC[C@H]1O[C@H](O)[C@H](OS(=O)(=O)O)[C@@H](O)[C@H]1OS(=O)(=O)O.OC[C@H]1O[C@@H](O)[C@H](O)[C@@H](O)[C@H]1O. The Morgan fingerprint density at radius 2 is 1.06 bits per heavy atom. The molecule has 0 aromatic rings. The van der Waals surface area contributed by atoms with Crippen LogP contribution in [0.25, 0.3) is 0 Å². The maximum Gasteiger partial charge on any atom is 0.397 e. The first-order chi connectivity index (χ1) is 16.2. The molecule has 10 N–H and O–H groups in total. The number of hydrogen-bond donors (Lipinski definition) is 10. The molecule has 0 saturated carbocycles. The largest absolute Gasteiger partial charge is 0.397 e. The molecule has 2 rings (SSSR count). The molecule has 36 heavy (non-hydrogen) atoms. The average Bonchev–Trinajstić information content (AvgIpc) is 2.71. The van der Waals surface area contributed by atoms with Crippen molar-refractivity contribution in [3.05, 3.63) is 0 Å². The summed E-state index contributed by atoms with van der Waals surface area (Å²) in [6.45, 7) is -1.74. The maximum atomic E-state index is 10.8. The van der Waals surface area contributed by atoms with E-state index in [1.165, 1.54) is 0 Å². The van der Waals surface area contributed by atoms with Gasteiger partial charge in [0.1, 0.15) is 42.7 Å². The molecule has 0 radical (unpaired) electrons. The summed E-state index contributed by atoms with van der Waals surface area (Å²) >= 11 is 0. The van der Waals surface area contributed by atoms with Crippen molar-refractivity contribution in [1.29, 1.82) is 0 Å². The topological polar surface area (TPSA) is 351 Å². The molecule has 24 heteroatoms. The zero-order valence-electron chi connectivity index (χ0n) is 17.4. The van der Waals surface area contributed by atoms with E-state index in [0.29, 0.717) is 0 Å². The Balaban J connectivity index is 0.000000450. The second kappa shape index (κ2) is 12.9. The van der Waals surface area contributed by atoms with Gasteiger partial charge < -0.3 is 45.2 Å². The van der Waals surface area contributed by atoms with E-state index in [9.17, 15) is 35.5 Å². The molecule has 2 heterocycles. The van der Waals surface area contributed by atoms with Gasteiger partial charge in [0.15, 0.2) is 18.7 Å². The Labute approximate surface area is 202 Å². The van der Waals surface area contributed by atoms with Crippen molar-refractivity contribution in [3.8, 4) is 0 Å². The van der Waals surface area contributed by atoms with Gasteiger partial charge in [-0.05, 0) is 0 Å². The first kappa shape index (κ1) is 33.3. The van der Waals surface area contributed by atoms with Gasteiger partial charge in [-0.15, -0.1) is 0 Å². The van der Waals surface area contributed by atoms with Crippen LogP contribution in [0.5, 0.6) is 0 Å². The van der Waals surface area contributed by atoms with Gasteiger partial charge in [-0.25, -0.2) is 12.5 Å². The van der Waals surface area contributed by atoms with Crippen LogP contribution in [-0.2, 0) is 53.2 Å². The fourth-order valence-electron chi connectivity index (χ4n) is 2.78. The van der Waals surface area contributed by atoms with Crippen LogP contribution in [0.2, 0.25) is 0 Å². The summed E-state index contributed by atoms with van der Waals surface area (Å²) in [5.41, 5.74) is 0. The minimum absolute atomic E-state index is 0.526. The van der Waals surface area contributed by atoms with Crippen LogP contribution in [0.3, 0.4) is 0 Å². The van der Waals surface area contributed by atoms with Crippen molar-refractivity contribution < 1.29 is 96.7 Å². The normalized spacial score (nSPS) is 38.2. The van der Waals surface area contributed by atoms with Gasteiger partial charge in [-0.2, -0.15) is 25.3 Å². The van der Waals surface area contributed by atoms with Crippen molar-refractivity contribution in [3.63, 3.8) is 0 Å². The van der Waals surface area contributed by atoms with Gasteiger partial charge in [0.25, 0.3) is 0 Å². The Bertz CT molecular complexity index is 1000. The average molecular weight is 601 g/mol. The van der Waals surface area contributed by atoms with E-state index in [-0.39, 0.29) is 0 Å². The van der Waals surface area contributed by atoms with Crippen molar-refractivity contribution >= 4 is 31.2 Å². The minimum Gasteiger partial charge on any atom is -0.394 e. The summed E-state index contributed by atoms with van der Waals surface area (Å²) in [5, 5.41) is 64.0. The monoisotopic (exact) mass is 600 g/mol. The summed E-state index contributed by atoms with van der Waals surface area (Å²) < 4.78 is 110. The number of aliphatic hydroxyl groups excluding tert-OH is 7. The lowest BCUT2D eigenvalue weighted by Crippen LogP contribution is -2.61. The highest BCUT2D eigenvalue weighted by Gasteiger charge is 2.50. The fourth-order valence-corrected chi connectivity index (χ4v) is 4.10. The molecular weight excluding hydrogens is 576 g/mol. The second-order valence-corrected chi connectivity index (χ2v) is 10.2. The predicted octanol–water partition coefficient (Wildman–Crippen LogP) is -6.96. The molecule has 0 aliphatic carbocycles. The first-order valence-electron chi connectivity index (χ1n) is 9.10. The predicted molar refractivity (Wildman–Crippen MR) is 103 cm³/mol. The highest BCUT2D eigenvalue weighted by Crippen LogP contribution is 2.27. The fraction of sp³-hybridized carbons (Fsp3) is 1.00. The molecule has 0 aromatic carbocycles. The van der Waals surface area contributed by atoms with Gasteiger partial charge in [-0.1, -0.05) is 0 Å². The van der Waals surface area contributed by atoms with Crippen LogP contribution >= 0.6 is 0 Å². The summed E-state index contributed by atoms with van der Waals surface area (Å²) in [6.07, 6.45) is -18.3. The number of hydrogen-bond acceptors (Lipinski definition) is 18. The summed E-state index contributed by atoms with van der Waals surface area (Å²) in [6, 6.07) is 0. The maximum absolute atomic E-state index is 10.8. The van der Waals surface area contributed by atoms with E-state index in [2.05, 4.69) is 22.0 Å². The summed E-state index contributed by atoms with van der Waals surface area (Å²) in [7, 11) is -15.6. The van der Waals surface area contributed by atoms with Crippen LogP contribution in [0, 0.1) is 0 Å². The molecule has 0 unspecified atom stereocenters. The van der Waals surface area contributed by atoms with Crippen molar-refractivity contribution in [2.75, 3.05) is 13.2 Å². The summed E-state index contributed by atoms with van der Waals surface area (Å²) in [4.78, 5) is 0. The molecule has 2 aliphatic rings. The Morgan fingerprint density at radius 1 is 0.583 bits per heavy atom. The molecule has 0 amide bonds. The van der Waals surface area contributed by atoms with E-state index >= 15 is 0 Å². The van der Waals surface area contributed by atoms with E-state index in [1.807, 2.05) is 0 Å². The van der Waals surface area contributed by atoms with E-state index in [4.69, 9.17) is 39.2 Å². The van der Waals surface area contributed by atoms with Crippen molar-refractivity contribution in [2.45, 2.75) is 61.4 Å². The Hall–Kier alpha value is -0.750. The molecule has 216 valence electrons. The zero-order chi connectivity index (χ0) is 28.2. The smallest absolute Gasteiger partial charge is 0.394 e. The Kier molecular flexibility index (Phi) is 11.9. The van der Waals surface area contributed by atoms with Gasteiger partial charge in [0.2, 0.25) is 0 Å². The zero-order valence-corrected chi connectivity index (χ0v) is 19.8. The lowest BCUT2D eigenvalue weighted by atomic mass is 9.99. The highest BCUT2D eigenvalue weighted by atomic mass is 32.3. The van der Waals surface area contributed by atoms with Crippen molar-refractivity contribution in [2.24, 2.45) is 0 Å². The standard InChI is InChI=1S/C6H12O15S3.C6H12O6/c7-3-4(20-23(12,13)14)2(1-18-22(9,10)11)19-6(8)5(3)21-24(15,16)17;7-1-2-3(8)4(9)5(10)6(11)12-2/h2-8H,1H2,(H,9,10,11)(H,12,13,14)(H,15,16,17);2-11H,1H2/t2-,3+,4+,5-,6+;2-,3+,4+,5-,6-/m11/s1. The Morgan fingerprint density at radius 3 is 1.50 bits per heavy atom. The van der Waals surface area contributed by atoms with Crippen LogP contribution in [-0.4, -0.2) is 149 Å². The minimum atomic E-state index is -5.28. The molecule has 2 fully saturated rings. The number of aliphatic hydroxyl groups is 7. The molecule has 0 aromatic heterocycles. The molecular formula is C12H24O21S3. The molecule has 0 spiro atoms. The van der Waals surface area contributed by atoms with Gasteiger partial charge in [0.05, 0.1) is 13.2 Å². The quantitative estimate of drug-likeness (QED) is 0.116.